The zero-order valence-corrected chi connectivity index (χ0v) is 17.3. The highest BCUT2D eigenvalue weighted by molar-refractivity contribution is 6.39. The van der Waals surface area contributed by atoms with E-state index < -0.39 is 11.7 Å². The van der Waals surface area contributed by atoms with Crippen LogP contribution in [-0.4, -0.2) is 20.4 Å². The molecular formula is C21H16Cl2FN5O. The highest BCUT2D eigenvalue weighted by atomic mass is 35.5. The number of fused-ring (bicyclic) bond motifs is 1. The van der Waals surface area contributed by atoms with Gasteiger partial charge in [0.2, 0.25) is 5.95 Å². The van der Waals surface area contributed by atoms with Crippen LogP contribution in [0.1, 0.15) is 16.1 Å². The SMILES string of the molecule is Cn1c(Nc2c(Cl)cccc2Cl)nc2cc(C(=O)NCc3ccccn3)c(F)cc21. The van der Waals surface area contributed by atoms with Crippen LogP contribution in [0.4, 0.5) is 16.0 Å². The first-order valence-corrected chi connectivity index (χ1v) is 9.74. The number of anilines is 2. The van der Waals surface area contributed by atoms with Gasteiger partial charge in [0.05, 0.1) is 44.6 Å². The summed E-state index contributed by atoms with van der Waals surface area (Å²) in [4.78, 5) is 21.1. The van der Waals surface area contributed by atoms with Crippen molar-refractivity contribution in [1.82, 2.24) is 19.9 Å². The summed E-state index contributed by atoms with van der Waals surface area (Å²) in [6.45, 7) is 0.192. The molecule has 0 spiro atoms. The highest BCUT2D eigenvalue weighted by Gasteiger charge is 2.18. The van der Waals surface area contributed by atoms with Crippen molar-refractivity contribution in [2.45, 2.75) is 6.54 Å². The van der Waals surface area contributed by atoms with Gasteiger partial charge in [0.1, 0.15) is 5.82 Å². The maximum Gasteiger partial charge on any atom is 0.254 e. The van der Waals surface area contributed by atoms with Gasteiger partial charge in [0.15, 0.2) is 0 Å². The lowest BCUT2D eigenvalue weighted by Gasteiger charge is -2.09. The second kappa shape index (κ2) is 8.30. The topological polar surface area (TPSA) is 71.8 Å². The van der Waals surface area contributed by atoms with Crippen LogP contribution in [-0.2, 0) is 13.6 Å². The molecule has 30 heavy (non-hydrogen) atoms. The predicted molar refractivity (Wildman–Crippen MR) is 116 cm³/mol. The van der Waals surface area contributed by atoms with Crippen LogP contribution in [0.3, 0.4) is 0 Å². The lowest BCUT2D eigenvalue weighted by atomic mass is 10.1. The molecule has 4 rings (SSSR count). The van der Waals surface area contributed by atoms with Gasteiger partial charge in [-0.2, -0.15) is 0 Å². The first-order valence-electron chi connectivity index (χ1n) is 8.99. The highest BCUT2D eigenvalue weighted by Crippen LogP contribution is 2.33. The maximum absolute atomic E-state index is 14.7. The van der Waals surface area contributed by atoms with Crippen molar-refractivity contribution in [2.24, 2.45) is 7.05 Å². The molecule has 2 heterocycles. The monoisotopic (exact) mass is 443 g/mol. The Bertz CT molecular complexity index is 1220. The zero-order valence-electron chi connectivity index (χ0n) is 15.8. The molecule has 6 nitrogen and oxygen atoms in total. The number of halogens is 3. The number of hydrogen-bond donors (Lipinski definition) is 2. The number of carbonyl (C=O) groups is 1. The molecule has 0 atom stereocenters. The third kappa shape index (κ3) is 3.94. The van der Waals surface area contributed by atoms with Gasteiger partial charge in [0, 0.05) is 19.3 Å². The van der Waals surface area contributed by atoms with Crippen LogP contribution in [0.2, 0.25) is 10.0 Å². The maximum atomic E-state index is 14.7. The van der Waals surface area contributed by atoms with Gasteiger partial charge in [-0.05, 0) is 30.3 Å². The van der Waals surface area contributed by atoms with Gasteiger partial charge >= 0.3 is 0 Å². The number of aryl methyl sites for hydroxylation is 1. The fourth-order valence-corrected chi connectivity index (χ4v) is 3.49. The third-order valence-electron chi connectivity index (χ3n) is 4.57. The van der Waals surface area contributed by atoms with E-state index >= 15 is 0 Å². The number of nitrogens with one attached hydrogen (secondary N) is 2. The summed E-state index contributed by atoms with van der Waals surface area (Å²) in [7, 11) is 1.72. The van der Waals surface area contributed by atoms with Gasteiger partial charge in [-0.25, -0.2) is 9.37 Å². The quantitative estimate of drug-likeness (QED) is 0.450. The number of aromatic nitrogens is 3. The van der Waals surface area contributed by atoms with E-state index in [2.05, 4.69) is 20.6 Å². The molecule has 4 aromatic rings. The molecule has 0 fully saturated rings. The van der Waals surface area contributed by atoms with Crippen molar-refractivity contribution in [3.8, 4) is 0 Å². The number of imidazole rings is 1. The molecule has 1 amide bonds. The van der Waals surface area contributed by atoms with E-state index in [1.807, 2.05) is 6.07 Å². The van der Waals surface area contributed by atoms with Crippen LogP contribution in [0.15, 0.2) is 54.7 Å². The Morgan fingerprint density at radius 1 is 1.13 bits per heavy atom. The predicted octanol–water partition coefficient (Wildman–Crippen LogP) is 5.09. The molecule has 0 saturated carbocycles. The summed E-state index contributed by atoms with van der Waals surface area (Å²) in [5, 5.41) is 6.59. The number of amides is 1. The Morgan fingerprint density at radius 3 is 2.60 bits per heavy atom. The van der Waals surface area contributed by atoms with Crippen molar-refractivity contribution >= 4 is 51.8 Å². The van der Waals surface area contributed by atoms with E-state index in [1.165, 1.54) is 12.1 Å². The normalized spacial score (nSPS) is 10.9. The molecule has 152 valence electrons. The van der Waals surface area contributed by atoms with E-state index in [9.17, 15) is 9.18 Å². The second-order valence-electron chi connectivity index (χ2n) is 6.54. The van der Waals surface area contributed by atoms with E-state index in [0.717, 1.165) is 0 Å². The Labute approximate surface area is 181 Å². The molecule has 2 aromatic heterocycles. The summed E-state index contributed by atoms with van der Waals surface area (Å²) in [6.07, 6.45) is 1.63. The molecule has 0 aliphatic rings. The van der Waals surface area contributed by atoms with Gasteiger partial charge in [-0.1, -0.05) is 35.3 Å². The first kappa shape index (κ1) is 20.1. The molecule has 0 unspecified atom stereocenters. The first-order chi connectivity index (χ1) is 14.4. The van der Waals surface area contributed by atoms with E-state index in [0.29, 0.717) is 38.4 Å². The number of nitrogens with zero attached hydrogens (tertiary/aromatic N) is 3. The average molecular weight is 444 g/mol. The van der Waals surface area contributed by atoms with Gasteiger partial charge in [-0.3, -0.25) is 9.78 Å². The Hall–Kier alpha value is -3.16. The Kier molecular flexibility index (Phi) is 5.57. The largest absolute Gasteiger partial charge is 0.346 e. The standard InChI is InChI=1S/C21H16Cl2FN5O/c1-29-18-10-16(24)13(20(30)26-11-12-5-2-3-8-25-12)9-17(18)27-21(29)28-19-14(22)6-4-7-15(19)23/h2-10H,11H2,1H3,(H,26,30)(H,27,28). The van der Waals surface area contributed by atoms with Crippen molar-refractivity contribution in [3.05, 3.63) is 81.8 Å². The van der Waals surface area contributed by atoms with Crippen LogP contribution in [0.5, 0.6) is 0 Å². The number of benzene rings is 2. The molecular weight excluding hydrogens is 428 g/mol. The number of carbonyl (C=O) groups excluding carboxylic acids is 1. The molecule has 0 bridgehead atoms. The lowest BCUT2D eigenvalue weighted by Crippen LogP contribution is -2.24. The molecule has 0 aliphatic heterocycles. The fraction of sp³-hybridized carbons (Fsp3) is 0.0952. The minimum absolute atomic E-state index is 0.0983. The van der Waals surface area contributed by atoms with Gasteiger partial charge in [0.25, 0.3) is 5.91 Å². The minimum Gasteiger partial charge on any atom is -0.346 e. The molecule has 9 heteroatoms. The van der Waals surface area contributed by atoms with Crippen LogP contribution in [0, 0.1) is 5.82 Å². The molecule has 2 N–H and O–H groups in total. The zero-order chi connectivity index (χ0) is 21.3. The van der Waals surface area contributed by atoms with Gasteiger partial charge in [-0.15, -0.1) is 0 Å². The van der Waals surface area contributed by atoms with Crippen LogP contribution < -0.4 is 10.6 Å². The van der Waals surface area contributed by atoms with Crippen LogP contribution >= 0.6 is 23.2 Å². The minimum atomic E-state index is -0.647. The van der Waals surface area contributed by atoms with E-state index in [-0.39, 0.29) is 12.1 Å². The number of pyridine rings is 1. The molecule has 0 saturated heterocycles. The smallest absolute Gasteiger partial charge is 0.254 e. The number of para-hydroxylation sites is 1. The second-order valence-corrected chi connectivity index (χ2v) is 7.36. The molecule has 0 aliphatic carbocycles. The third-order valence-corrected chi connectivity index (χ3v) is 5.20. The van der Waals surface area contributed by atoms with E-state index in [4.69, 9.17) is 23.2 Å². The molecule has 2 aromatic carbocycles. The van der Waals surface area contributed by atoms with Crippen molar-refractivity contribution in [1.29, 1.82) is 0 Å². The average Bonchev–Trinajstić information content (AvgIpc) is 3.04. The van der Waals surface area contributed by atoms with Crippen LogP contribution in [0.25, 0.3) is 11.0 Å². The van der Waals surface area contributed by atoms with Crippen molar-refractivity contribution in [2.75, 3.05) is 5.32 Å². The van der Waals surface area contributed by atoms with Gasteiger partial charge < -0.3 is 15.2 Å². The summed E-state index contributed by atoms with van der Waals surface area (Å²) in [6, 6.07) is 13.2. The summed E-state index contributed by atoms with van der Waals surface area (Å²) < 4.78 is 16.3. The number of hydrogen-bond acceptors (Lipinski definition) is 4. The lowest BCUT2D eigenvalue weighted by molar-refractivity contribution is 0.0946. The Morgan fingerprint density at radius 2 is 1.90 bits per heavy atom. The molecule has 0 radical (unpaired) electrons. The van der Waals surface area contributed by atoms with E-state index in [1.54, 1.807) is 48.1 Å². The Balaban J connectivity index is 1.63. The van der Waals surface area contributed by atoms with Crippen molar-refractivity contribution < 1.29 is 9.18 Å². The number of rotatable bonds is 5. The fourth-order valence-electron chi connectivity index (χ4n) is 3.00. The summed E-state index contributed by atoms with van der Waals surface area (Å²) in [5.41, 5.74) is 2.03. The summed E-state index contributed by atoms with van der Waals surface area (Å²) in [5.74, 6) is -0.786. The van der Waals surface area contributed by atoms with Crippen molar-refractivity contribution in [3.63, 3.8) is 0 Å². The summed E-state index contributed by atoms with van der Waals surface area (Å²) >= 11 is 12.4.